The molecule has 0 aliphatic heterocycles. The zero-order chi connectivity index (χ0) is 19.9. The highest BCUT2D eigenvalue weighted by Gasteiger charge is 2.19. The molecule has 0 saturated heterocycles. The molecule has 6 nitrogen and oxygen atoms in total. The van der Waals surface area contributed by atoms with E-state index in [-0.39, 0.29) is 12.5 Å². The number of anilines is 1. The van der Waals surface area contributed by atoms with Crippen LogP contribution in [0.2, 0.25) is 0 Å². The fraction of sp³-hybridized carbons (Fsp3) is 0.364. The van der Waals surface area contributed by atoms with Gasteiger partial charge in [0.25, 0.3) is 5.91 Å². The third-order valence-corrected chi connectivity index (χ3v) is 4.53. The maximum absolute atomic E-state index is 12.3. The first-order valence-electron chi connectivity index (χ1n) is 9.53. The van der Waals surface area contributed by atoms with Crippen LogP contribution in [0.5, 0.6) is 11.5 Å². The minimum Gasteiger partial charge on any atom is -0.494 e. The van der Waals surface area contributed by atoms with Gasteiger partial charge in [-0.1, -0.05) is 6.07 Å². The molecule has 0 heterocycles. The minimum atomic E-state index is -0.912. The summed E-state index contributed by atoms with van der Waals surface area (Å²) in [6.45, 7) is 3.75. The van der Waals surface area contributed by atoms with Gasteiger partial charge in [-0.05, 0) is 80.6 Å². The number of benzene rings is 2. The second-order valence-electron chi connectivity index (χ2n) is 6.65. The van der Waals surface area contributed by atoms with Crippen LogP contribution in [0.15, 0.2) is 42.5 Å². The van der Waals surface area contributed by atoms with Crippen molar-refractivity contribution < 1.29 is 23.8 Å². The smallest absolute Gasteiger partial charge is 0.344 e. The molecule has 28 heavy (non-hydrogen) atoms. The Hall–Kier alpha value is -3.02. The van der Waals surface area contributed by atoms with Crippen LogP contribution in [0, 0.1) is 0 Å². The van der Waals surface area contributed by atoms with Crippen molar-refractivity contribution in [1.82, 2.24) is 0 Å². The third kappa shape index (κ3) is 5.25. The molecule has 2 aromatic rings. The maximum atomic E-state index is 12.3. The summed E-state index contributed by atoms with van der Waals surface area (Å²) in [5.41, 5.74) is 3.33. The average molecular weight is 383 g/mol. The zero-order valence-corrected chi connectivity index (χ0v) is 16.2. The van der Waals surface area contributed by atoms with Crippen molar-refractivity contribution in [3.05, 3.63) is 53.6 Å². The Kier molecular flexibility index (Phi) is 6.53. The lowest BCUT2D eigenvalue weighted by molar-refractivity contribution is -0.155. The van der Waals surface area contributed by atoms with Gasteiger partial charge >= 0.3 is 5.97 Å². The van der Waals surface area contributed by atoms with Crippen LogP contribution in [-0.4, -0.2) is 31.2 Å². The molecule has 2 aromatic carbocycles. The molecule has 3 rings (SSSR count). The average Bonchev–Trinajstić information content (AvgIpc) is 3.15. The number of rotatable bonds is 8. The van der Waals surface area contributed by atoms with Gasteiger partial charge in [-0.3, -0.25) is 4.79 Å². The Balaban J connectivity index is 1.44. The summed E-state index contributed by atoms with van der Waals surface area (Å²) in [5.74, 6) is 0.280. The molecule has 0 aromatic heterocycles. The summed E-state index contributed by atoms with van der Waals surface area (Å²) in [6, 6.07) is 12.9. The van der Waals surface area contributed by atoms with Gasteiger partial charge in [0.15, 0.2) is 12.7 Å². The number of nitrogens with one attached hydrogen (secondary N) is 1. The van der Waals surface area contributed by atoms with Crippen LogP contribution >= 0.6 is 0 Å². The van der Waals surface area contributed by atoms with E-state index in [1.807, 2.05) is 25.1 Å². The van der Waals surface area contributed by atoms with Crippen LogP contribution in [0.25, 0.3) is 0 Å². The van der Waals surface area contributed by atoms with Gasteiger partial charge in [0.1, 0.15) is 11.5 Å². The van der Waals surface area contributed by atoms with Crippen molar-refractivity contribution in [2.75, 3.05) is 18.5 Å². The number of fused-ring (bicyclic) bond motifs is 1. The lowest BCUT2D eigenvalue weighted by Gasteiger charge is -2.14. The van der Waals surface area contributed by atoms with Crippen molar-refractivity contribution in [1.29, 1.82) is 0 Å². The third-order valence-electron chi connectivity index (χ3n) is 4.53. The van der Waals surface area contributed by atoms with E-state index in [1.54, 1.807) is 24.3 Å². The predicted octanol–water partition coefficient (Wildman–Crippen LogP) is 3.52. The first-order valence-corrected chi connectivity index (χ1v) is 9.53. The molecular formula is C22H25NO5. The van der Waals surface area contributed by atoms with Crippen molar-refractivity contribution in [2.45, 2.75) is 39.2 Å². The largest absolute Gasteiger partial charge is 0.494 e. The van der Waals surface area contributed by atoms with E-state index in [2.05, 4.69) is 5.32 Å². The Morgan fingerprint density at radius 3 is 2.39 bits per heavy atom. The zero-order valence-electron chi connectivity index (χ0n) is 16.2. The van der Waals surface area contributed by atoms with Gasteiger partial charge in [0.2, 0.25) is 0 Å². The van der Waals surface area contributed by atoms with Gasteiger partial charge in [-0.15, -0.1) is 0 Å². The van der Waals surface area contributed by atoms with Crippen LogP contribution < -0.4 is 14.8 Å². The summed E-state index contributed by atoms with van der Waals surface area (Å²) in [6.07, 6.45) is 2.36. The molecule has 148 valence electrons. The van der Waals surface area contributed by atoms with Crippen LogP contribution in [0.4, 0.5) is 5.69 Å². The molecule has 6 heteroatoms. The van der Waals surface area contributed by atoms with Crippen molar-refractivity contribution in [3.63, 3.8) is 0 Å². The van der Waals surface area contributed by atoms with E-state index in [0.29, 0.717) is 12.4 Å². The van der Waals surface area contributed by atoms with Gasteiger partial charge in [-0.25, -0.2) is 4.79 Å². The Labute approximate surface area is 164 Å². The number of amides is 1. The normalized spacial score (nSPS) is 13.4. The summed E-state index contributed by atoms with van der Waals surface area (Å²) in [7, 11) is 0. The number of hydrogen-bond acceptors (Lipinski definition) is 5. The summed E-state index contributed by atoms with van der Waals surface area (Å²) < 4.78 is 15.9. The molecule has 0 radical (unpaired) electrons. The molecular weight excluding hydrogens is 358 g/mol. The maximum Gasteiger partial charge on any atom is 0.344 e. The molecule has 1 N–H and O–H groups in total. The lowest BCUT2D eigenvalue weighted by atomic mass is 10.1. The topological polar surface area (TPSA) is 73.9 Å². The molecule has 1 amide bonds. The fourth-order valence-electron chi connectivity index (χ4n) is 3.12. The number of hydrogen-bond donors (Lipinski definition) is 1. The first-order chi connectivity index (χ1) is 13.5. The first kappa shape index (κ1) is 19.7. The van der Waals surface area contributed by atoms with Gasteiger partial charge in [-0.2, -0.15) is 0 Å². The highest BCUT2D eigenvalue weighted by Crippen LogP contribution is 2.25. The van der Waals surface area contributed by atoms with Gasteiger partial charge in [0.05, 0.1) is 6.61 Å². The Morgan fingerprint density at radius 1 is 1.00 bits per heavy atom. The quantitative estimate of drug-likeness (QED) is 0.706. The minimum absolute atomic E-state index is 0.273. The van der Waals surface area contributed by atoms with Crippen LogP contribution in [-0.2, 0) is 27.2 Å². The highest BCUT2D eigenvalue weighted by molar-refractivity contribution is 5.95. The van der Waals surface area contributed by atoms with E-state index < -0.39 is 12.1 Å². The second-order valence-corrected chi connectivity index (χ2v) is 6.65. The summed E-state index contributed by atoms with van der Waals surface area (Å²) >= 11 is 0. The van der Waals surface area contributed by atoms with E-state index in [0.717, 1.165) is 30.7 Å². The lowest BCUT2D eigenvalue weighted by Crippen LogP contribution is -2.31. The number of carbonyl (C=O) groups excluding carboxylic acids is 2. The van der Waals surface area contributed by atoms with Crippen LogP contribution in [0.1, 0.15) is 31.4 Å². The molecule has 0 unspecified atom stereocenters. The standard InChI is InChI=1S/C22H25NO5/c1-3-26-19-9-11-20(12-10-19)27-14-21(24)28-15(2)22(25)23-18-8-7-16-5-4-6-17(16)13-18/h7-13,15H,3-6,14H2,1-2H3,(H,23,25)/t15-/m1/s1. The predicted molar refractivity (Wildman–Crippen MR) is 106 cm³/mol. The Bertz CT molecular complexity index is 831. The molecule has 0 fully saturated rings. The monoisotopic (exact) mass is 383 g/mol. The van der Waals surface area contributed by atoms with Crippen LogP contribution in [0.3, 0.4) is 0 Å². The number of ether oxygens (including phenoxy) is 3. The Morgan fingerprint density at radius 2 is 1.68 bits per heavy atom. The molecule has 1 aliphatic rings. The molecule has 1 atom stereocenters. The number of esters is 1. The van der Waals surface area contributed by atoms with Gasteiger partial charge in [0, 0.05) is 5.69 Å². The number of aryl methyl sites for hydroxylation is 2. The number of carbonyl (C=O) groups is 2. The SMILES string of the molecule is CCOc1ccc(OCC(=O)O[C@H](C)C(=O)Nc2ccc3c(c2)CCC3)cc1. The molecule has 1 aliphatic carbocycles. The van der Waals surface area contributed by atoms with Crippen molar-refractivity contribution in [2.24, 2.45) is 0 Å². The molecule has 0 bridgehead atoms. The van der Waals surface area contributed by atoms with E-state index >= 15 is 0 Å². The van der Waals surface area contributed by atoms with E-state index in [4.69, 9.17) is 14.2 Å². The summed E-state index contributed by atoms with van der Waals surface area (Å²) in [4.78, 5) is 24.2. The van der Waals surface area contributed by atoms with E-state index in [1.165, 1.54) is 18.1 Å². The summed E-state index contributed by atoms with van der Waals surface area (Å²) in [5, 5.41) is 2.80. The van der Waals surface area contributed by atoms with E-state index in [9.17, 15) is 9.59 Å². The highest BCUT2D eigenvalue weighted by atomic mass is 16.6. The second kappa shape index (κ2) is 9.26. The molecule has 0 spiro atoms. The van der Waals surface area contributed by atoms with Crippen molar-refractivity contribution in [3.8, 4) is 11.5 Å². The molecule has 0 saturated carbocycles. The van der Waals surface area contributed by atoms with Crippen molar-refractivity contribution >= 4 is 17.6 Å². The van der Waals surface area contributed by atoms with Gasteiger partial charge < -0.3 is 19.5 Å². The fourth-order valence-corrected chi connectivity index (χ4v) is 3.12.